The van der Waals surface area contributed by atoms with Crippen LogP contribution in [0.4, 0.5) is 0 Å². The highest BCUT2D eigenvalue weighted by Gasteiger charge is 2.33. The summed E-state index contributed by atoms with van der Waals surface area (Å²) in [6.07, 6.45) is 3.48. The minimum absolute atomic E-state index is 0.00480. The third-order valence-corrected chi connectivity index (χ3v) is 5.19. The highest BCUT2D eigenvalue weighted by atomic mass is 16.3. The van der Waals surface area contributed by atoms with Crippen molar-refractivity contribution < 1.29 is 14.0 Å². The minimum atomic E-state index is -0.463. The van der Waals surface area contributed by atoms with E-state index in [1.165, 1.54) is 5.56 Å². The number of amides is 2. The van der Waals surface area contributed by atoms with Crippen LogP contribution in [0.3, 0.4) is 0 Å². The number of carbonyl (C=O) groups is 2. The molecule has 0 bridgehead atoms. The Balaban J connectivity index is 1.70. The average molecular weight is 383 g/mol. The molecule has 1 aromatic carbocycles. The van der Waals surface area contributed by atoms with E-state index < -0.39 is 6.04 Å². The van der Waals surface area contributed by atoms with Crippen molar-refractivity contribution in [1.82, 2.24) is 15.1 Å². The quantitative estimate of drug-likeness (QED) is 0.798. The Morgan fingerprint density at radius 1 is 1.25 bits per heavy atom. The van der Waals surface area contributed by atoms with Crippen molar-refractivity contribution in [2.24, 2.45) is 0 Å². The second-order valence-electron chi connectivity index (χ2n) is 7.71. The maximum atomic E-state index is 13.1. The molecule has 1 atom stereocenters. The Morgan fingerprint density at radius 2 is 2.00 bits per heavy atom. The smallest absolute Gasteiger partial charge is 0.237 e. The molecule has 1 N–H and O–H groups in total. The molecule has 0 unspecified atom stereocenters. The summed E-state index contributed by atoms with van der Waals surface area (Å²) in [5.41, 5.74) is 3.29. The fraction of sp³-hybridized carbons (Fsp3) is 0.455. The molecule has 3 rings (SSSR count). The Kier molecular flexibility index (Phi) is 6.52. The van der Waals surface area contributed by atoms with Gasteiger partial charge in [-0.2, -0.15) is 0 Å². The maximum absolute atomic E-state index is 13.1. The fourth-order valence-electron chi connectivity index (χ4n) is 3.52. The molecule has 150 valence electrons. The molecule has 6 heteroatoms. The van der Waals surface area contributed by atoms with Crippen molar-refractivity contribution in [3.05, 3.63) is 59.5 Å². The van der Waals surface area contributed by atoms with Crippen molar-refractivity contribution in [1.29, 1.82) is 0 Å². The lowest BCUT2D eigenvalue weighted by molar-refractivity contribution is -0.140. The first-order valence-corrected chi connectivity index (χ1v) is 9.82. The first kappa shape index (κ1) is 20.1. The summed E-state index contributed by atoms with van der Waals surface area (Å²) in [5, 5.41) is 2.90. The van der Waals surface area contributed by atoms with E-state index >= 15 is 0 Å². The van der Waals surface area contributed by atoms with Crippen LogP contribution in [0.15, 0.2) is 47.3 Å². The van der Waals surface area contributed by atoms with E-state index in [-0.39, 0.29) is 24.3 Å². The molecule has 0 saturated carbocycles. The largest absolute Gasteiger partial charge is 0.472 e. The number of piperazine rings is 1. The van der Waals surface area contributed by atoms with Crippen LogP contribution in [0.25, 0.3) is 0 Å². The van der Waals surface area contributed by atoms with Gasteiger partial charge in [-0.15, -0.1) is 0 Å². The molecule has 6 nitrogen and oxygen atoms in total. The van der Waals surface area contributed by atoms with Crippen molar-refractivity contribution >= 4 is 11.8 Å². The van der Waals surface area contributed by atoms with Gasteiger partial charge in [-0.05, 0) is 32.4 Å². The number of hydrogen-bond acceptors (Lipinski definition) is 4. The monoisotopic (exact) mass is 383 g/mol. The first-order valence-electron chi connectivity index (χ1n) is 9.82. The molecule has 0 aliphatic carbocycles. The summed E-state index contributed by atoms with van der Waals surface area (Å²) in [7, 11) is 0. The molecular formula is C22H29N3O3. The summed E-state index contributed by atoms with van der Waals surface area (Å²) in [6, 6.07) is 9.70. The molecule has 0 radical (unpaired) electrons. The highest BCUT2D eigenvalue weighted by molar-refractivity contribution is 5.89. The van der Waals surface area contributed by atoms with Crippen molar-refractivity contribution in [3.63, 3.8) is 0 Å². The second kappa shape index (κ2) is 9.06. The molecule has 1 fully saturated rings. The van der Waals surface area contributed by atoms with E-state index in [0.29, 0.717) is 26.2 Å². The molecule has 1 aliphatic heterocycles. The van der Waals surface area contributed by atoms with E-state index in [2.05, 4.69) is 34.5 Å². The molecule has 28 heavy (non-hydrogen) atoms. The topological polar surface area (TPSA) is 65.8 Å². The number of furan rings is 1. The normalized spacial score (nSPS) is 17.6. The van der Waals surface area contributed by atoms with Crippen molar-refractivity contribution in [3.8, 4) is 0 Å². The number of nitrogens with zero attached hydrogens (tertiary/aromatic N) is 2. The van der Waals surface area contributed by atoms with Crippen LogP contribution in [0.5, 0.6) is 0 Å². The van der Waals surface area contributed by atoms with Crippen LogP contribution in [-0.2, 0) is 22.7 Å². The van der Waals surface area contributed by atoms with Gasteiger partial charge in [0, 0.05) is 37.8 Å². The van der Waals surface area contributed by atoms with Gasteiger partial charge in [-0.3, -0.25) is 14.5 Å². The third-order valence-electron chi connectivity index (χ3n) is 5.19. The average Bonchev–Trinajstić information content (AvgIpc) is 3.16. The molecule has 1 aliphatic rings. The first-order chi connectivity index (χ1) is 13.4. The van der Waals surface area contributed by atoms with Gasteiger partial charge in [0.15, 0.2) is 0 Å². The Hall–Kier alpha value is -2.60. The lowest BCUT2D eigenvalue weighted by atomic mass is 10.1. The van der Waals surface area contributed by atoms with Crippen LogP contribution in [-0.4, -0.2) is 46.8 Å². The van der Waals surface area contributed by atoms with Crippen molar-refractivity contribution in [2.45, 2.75) is 52.4 Å². The Bertz CT molecular complexity index is 784. The Labute approximate surface area is 166 Å². The van der Waals surface area contributed by atoms with Gasteiger partial charge < -0.3 is 14.6 Å². The SMILES string of the molecule is Cc1ccc(CN(C(=O)C[C@H]2C(=O)NCCN2Cc2ccoc2)C(C)C)cc1. The molecular weight excluding hydrogens is 354 g/mol. The summed E-state index contributed by atoms with van der Waals surface area (Å²) < 4.78 is 5.14. The highest BCUT2D eigenvalue weighted by Crippen LogP contribution is 2.18. The van der Waals surface area contributed by atoms with Crippen molar-refractivity contribution in [2.75, 3.05) is 13.1 Å². The number of nitrogens with one attached hydrogen (secondary N) is 1. The third kappa shape index (κ3) is 5.01. The van der Waals surface area contributed by atoms with Crippen LogP contribution in [0.1, 0.15) is 37.0 Å². The molecule has 2 heterocycles. The number of benzene rings is 1. The summed E-state index contributed by atoms with van der Waals surface area (Å²) in [6.45, 7) is 8.53. The second-order valence-corrected chi connectivity index (χ2v) is 7.71. The van der Waals surface area contributed by atoms with Gasteiger partial charge in [-0.1, -0.05) is 29.8 Å². The lowest BCUT2D eigenvalue weighted by Gasteiger charge is -2.36. The van der Waals surface area contributed by atoms with E-state index in [4.69, 9.17) is 4.42 Å². The van der Waals surface area contributed by atoms with E-state index in [0.717, 1.165) is 11.1 Å². The lowest BCUT2D eigenvalue weighted by Crippen LogP contribution is -2.56. The number of hydrogen-bond donors (Lipinski definition) is 1. The summed E-state index contributed by atoms with van der Waals surface area (Å²) in [4.78, 5) is 29.5. The van der Waals surface area contributed by atoms with Crippen LogP contribution >= 0.6 is 0 Å². The zero-order valence-electron chi connectivity index (χ0n) is 16.9. The number of aryl methyl sites for hydroxylation is 1. The molecule has 1 aromatic heterocycles. The van der Waals surface area contributed by atoms with Crippen LogP contribution in [0.2, 0.25) is 0 Å². The predicted molar refractivity (Wildman–Crippen MR) is 107 cm³/mol. The fourth-order valence-corrected chi connectivity index (χ4v) is 3.52. The zero-order chi connectivity index (χ0) is 20.1. The van der Waals surface area contributed by atoms with Gasteiger partial charge in [-0.25, -0.2) is 0 Å². The van der Waals surface area contributed by atoms with Gasteiger partial charge >= 0.3 is 0 Å². The van der Waals surface area contributed by atoms with E-state index in [9.17, 15) is 9.59 Å². The van der Waals surface area contributed by atoms with E-state index in [1.54, 1.807) is 12.5 Å². The minimum Gasteiger partial charge on any atom is -0.472 e. The summed E-state index contributed by atoms with van der Waals surface area (Å²) >= 11 is 0. The van der Waals surface area contributed by atoms with Crippen LogP contribution in [0, 0.1) is 6.92 Å². The zero-order valence-corrected chi connectivity index (χ0v) is 16.9. The molecule has 0 spiro atoms. The maximum Gasteiger partial charge on any atom is 0.237 e. The standard InChI is InChI=1S/C22H29N3O3/c1-16(2)25(14-18-6-4-17(3)5-7-18)21(26)12-20-22(27)23-9-10-24(20)13-19-8-11-28-15-19/h4-8,11,15-16,20H,9-10,12-14H2,1-3H3,(H,23,27)/t20-/m0/s1. The summed E-state index contributed by atoms with van der Waals surface area (Å²) in [5.74, 6) is -0.0862. The molecule has 2 amide bonds. The number of rotatable bonds is 7. The Morgan fingerprint density at radius 3 is 2.64 bits per heavy atom. The van der Waals surface area contributed by atoms with Gasteiger partial charge in [0.2, 0.25) is 11.8 Å². The van der Waals surface area contributed by atoms with Gasteiger partial charge in [0.25, 0.3) is 0 Å². The molecule has 2 aromatic rings. The predicted octanol–water partition coefficient (Wildman–Crippen LogP) is 2.72. The van der Waals surface area contributed by atoms with Gasteiger partial charge in [0.1, 0.15) is 0 Å². The van der Waals surface area contributed by atoms with Gasteiger partial charge in [0.05, 0.1) is 25.0 Å². The number of carbonyl (C=O) groups excluding carboxylic acids is 2. The van der Waals surface area contributed by atoms with E-state index in [1.807, 2.05) is 31.7 Å². The van der Waals surface area contributed by atoms with Crippen LogP contribution < -0.4 is 5.32 Å². The molecule has 1 saturated heterocycles.